The van der Waals surface area contributed by atoms with Gasteiger partial charge in [0.2, 0.25) is 11.8 Å². The number of anilines is 1. The van der Waals surface area contributed by atoms with Crippen molar-refractivity contribution in [3.8, 4) is 0 Å². The van der Waals surface area contributed by atoms with Gasteiger partial charge in [-0.1, -0.05) is 6.07 Å². The number of likely N-dealkylation sites (tertiary alicyclic amines) is 1. The summed E-state index contributed by atoms with van der Waals surface area (Å²) in [5, 5.41) is 5.83. The van der Waals surface area contributed by atoms with Crippen molar-refractivity contribution in [1.29, 1.82) is 0 Å². The molecule has 1 fully saturated rings. The maximum absolute atomic E-state index is 12.4. The van der Waals surface area contributed by atoms with Crippen molar-refractivity contribution in [2.75, 3.05) is 25.4 Å². The molecule has 0 bridgehead atoms. The minimum Gasteiger partial charge on any atom is -0.383 e. The van der Waals surface area contributed by atoms with Crippen molar-refractivity contribution in [1.82, 2.24) is 20.5 Å². The molecule has 2 heterocycles. The third kappa shape index (κ3) is 5.67. The summed E-state index contributed by atoms with van der Waals surface area (Å²) >= 11 is 0. The Morgan fingerprint density at radius 1 is 1.46 bits per heavy atom. The molecule has 144 valence electrons. The first-order valence-corrected chi connectivity index (χ1v) is 9.02. The van der Waals surface area contributed by atoms with E-state index >= 15 is 0 Å². The van der Waals surface area contributed by atoms with Crippen molar-refractivity contribution < 1.29 is 14.3 Å². The van der Waals surface area contributed by atoms with E-state index in [9.17, 15) is 9.59 Å². The molecule has 0 spiro atoms. The van der Waals surface area contributed by atoms with E-state index in [0.29, 0.717) is 31.9 Å². The molecule has 1 aliphatic heterocycles. The molecule has 8 nitrogen and oxygen atoms in total. The van der Waals surface area contributed by atoms with Crippen molar-refractivity contribution in [2.45, 2.75) is 51.9 Å². The number of carbonyl (C=O) groups is 2. The lowest BCUT2D eigenvalue weighted by molar-refractivity contribution is -0.128. The van der Waals surface area contributed by atoms with Gasteiger partial charge in [-0.15, -0.1) is 0 Å². The fourth-order valence-electron chi connectivity index (χ4n) is 3.06. The average molecular weight is 363 g/mol. The Kier molecular flexibility index (Phi) is 7.35. The smallest absolute Gasteiger partial charge is 0.246 e. The summed E-state index contributed by atoms with van der Waals surface area (Å²) in [4.78, 5) is 30.6. The Morgan fingerprint density at radius 3 is 2.88 bits per heavy atom. The second-order valence-electron chi connectivity index (χ2n) is 6.75. The number of nitrogens with zero attached hydrogens (tertiary/aromatic N) is 2. The normalized spacial score (nSPS) is 20.3. The van der Waals surface area contributed by atoms with Crippen LogP contribution in [0.15, 0.2) is 18.3 Å². The number of ether oxygens (including phenoxy) is 1. The van der Waals surface area contributed by atoms with Crippen LogP contribution in [0.4, 0.5) is 5.82 Å². The highest BCUT2D eigenvalue weighted by atomic mass is 16.5. The minimum absolute atomic E-state index is 0.00235. The fraction of sp³-hybridized carbons (Fsp3) is 0.611. The summed E-state index contributed by atoms with van der Waals surface area (Å²) in [7, 11) is 0. The lowest BCUT2D eigenvalue weighted by Crippen LogP contribution is -2.42. The van der Waals surface area contributed by atoms with Crippen LogP contribution in [0.3, 0.4) is 0 Å². The summed E-state index contributed by atoms with van der Waals surface area (Å²) in [6.07, 6.45) is 2.19. The van der Waals surface area contributed by atoms with Gasteiger partial charge in [-0.05, 0) is 33.3 Å². The van der Waals surface area contributed by atoms with Gasteiger partial charge in [0, 0.05) is 37.4 Å². The van der Waals surface area contributed by atoms with Gasteiger partial charge < -0.3 is 21.1 Å². The van der Waals surface area contributed by atoms with Crippen LogP contribution >= 0.6 is 0 Å². The quantitative estimate of drug-likeness (QED) is 0.612. The lowest BCUT2D eigenvalue weighted by Gasteiger charge is -2.23. The summed E-state index contributed by atoms with van der Waals surface area (Å²) < 4.78 is 5.34. The maximum Gasteiger partial charge on any atom is 0.246 e. The first-order chi connectivity index (χ1) is 12.4. The molecule has 1 aliphatic rings. The Balaban J connectivity index is 2.03. The summed E-state index contributed by atoms with van der Waals surface area (Å²) in [6, 6.07) is 3.31. The summed E-state index contributed by atoms with van der Waals surface area (Å²) in [5.41, 5.74) is 6.81. The molecule has 0 aliphatic carbocycles. The minimum atomic E-state index is -0.314. The molecule has 0 radical (unpaired) electrons. The molecule has 4 N–H and O–H groups in total. The number of hydrogen-bond acceptors (Lipinski definition) is 6. The number of aromatic nitrogens is 1. The average Bonchev–Trinajstić information content (AvgIpc) is 2.98. The second kappa shape index (κ2) is 9.49. The number of hydrogen-bond donors (Lipinski definition) is 3. The van der Waals surface area contributed by atoms with Crippen molar-refractivity contribution in [3.63, 3.8) is 0 Å². The first-order valence-electron chi connectivity index (χ1n) is 9.02. The predicted octanol–water partition coefficient (Wildman–Crippen LogP) is 0.284. The van der Waals surface area contributed by atoms with E-state index in [1.807, 2.05) is 37.8 Å². The van der Waals surface area contributed by atoms with Crippen LogP contribution in [0, 0.1) is 0 Å². The van der Waals surface area contributed by atoms with Crippen LogP contribution in [0.25, 0.3) is 0 Å². The van der Waals surface area contributed by atoms with E-state index in [1.54, 1.807) is 6.20 Å². The molecular weight excluding hydrogens is 334 g/mol. The molecule has 0 saturated carbocycles. The molecule has 1 aromatic rings. The molecule has 0 aromatic carbocycles. The molecular formula is C18H29N5O3. The highest BCUT2D eigenvalue weighted by molar-refractivity contribution is 5.82. The number of rotatable bonds is 8. The standard InChI is InChI=1S/C18H29N5O3/c1-4-20-18(25)15-8-14(22-16(24)11-26-12(2)3)10-23(15)9-13-6-5-7-21-17(13)19/h5-7,12,14-15H,4,8-11H2,1-3H3,(H2,19,21)(H,20,25)(H,22,24)/t14-,15-/m0/s1. The molecule has 2 amide bonds. The fourth-order valence-corrected chi connectivity index (χ4v) is 3.06. The number of pyridine rings is 1. The number of likely N-dealkylation sites (N-methyl/N-ethyl adjacent to an activating group) is 1. The van der Waals surface area contributed by atoms with E-state index in [1.165, 1.54) is 0 Å². The van der Waals surface area contributed by atoms with E-state index in [2.05, 4.69) is 15.6 Å². The lowest BCUT2D eigenvalue weighted by atomic mass is 10.1. The summed E-state index contributed by atoms with van der Waals surface area (Å²) in [6.45, 7) is 7.33. The van der Waals surface area contributed by atoms with Crippen LogP contribution in [0.1, 0.15) is 32.8 Å². The van der Waals surface area contributed by atoms with Crippen molar-refractivity contribution >= 4 is 17.6 Å². The number of amides is 2. The zero-order chi connectivity index (χ0) is 19.1. The third-order valence-electron chi connectivity index (χ3n) is 4.27. The molecule has 2 rings (SSSR count). The highest BCUT2D eigenvalue weighted by Gasteiger charge is 2.37. The van der Waals surface area contributed by atoms with Crippen LogP contribution in [-0.4, -0.2) is 59.6 Å². The van der Waals surface area contributed by atoms with Gasteiger partial charge in [0.15, 0.2) is 0 Å². The summed E-state index contributed by atoms with van der Waals surface area (Å²) in [5.74, 6) is 0.256. The van der Waals surface area contributed by atoms with E-state index < -0.39 is 0 Å². The van der Waals surface area contributed by atoms with Gasteiger partial charge >= 0.3 is 0 Å². The maximum atomic E-state index is 12.4. The highest BCUT2D eigenvalue weighted by Crippen LogP contribution is 2.22. The molecule has 26 heavy (non-hydrogen) atoms. The Hall–Kier alpha value is -2.19. The Morgan fingerprint density at radius 2 is 2.23 bits per heavy atom. The van der Waals surface area contributed by atoms with Crippen molar-refractivity contribution in [2.24, 2.45) is 0 Å². The van der Waals surface area contributed by atoms with Crippen LogP contribution in [-0.2, 0) is 20.9 Å². The van der Waals surface area contributed by atoms with E-state index in [-0.39, 0.29) is 36.6 Å². The zero-order valence-electron chi connectivity index (χ0n) is 15.7. The van der Waals surface area contributed by atoms with Gasteiger partial charge in [-0.25, -0.2) is 4.98 Å². The molecule has 2 atom stereocenters. The van der Waals surface area contributed by atoms with Crippen LogP contribution in [0.2, 0.25) is 0 Å². The van der Waals surface area contributed by atoms with Crippen molar-refractivity contribution in [3.05, 3.63) is 23.9 Å². The molecule has 0 unspecified atom stereocenters. The SMILES string of the molecule is CCNC(=O)[C@@H]1C[C@H](NC(=O)COC(C)C)CN1Cc1cccnc1N. The van der Waals surface area contributed by atoms with Crippen LogP contribution < -0.4 is 16.4 Å². The number of nitrogens with one attached hydrogen (secondary N) is 2. The van der Waals surface area contributed by atoms with Gasteiger partial charge in [0.25, 0.3) is 0 Å². The van der Waals surface area contributed by atoms with Gasteiger partial charge in [0.05, 0.1) is 12.1 Å². The molecule has 8 heteroatoms. The number of carbonyl (C=O) groups excluding carboxylic acids is 2. The zero-order valence-corrected chi connectivity index (χ0v) is 15.7. The second-order valence-corrected chi connectivity index (χ2v) is 6.75. The molecule has 1 saturated heterocycles. The number of nitrogen functional groups attached to an aromatic ring is 1. The third-order valence-corrected chi connectivity index (χ3v) is 4.27. The van der Waals surface area contributed by atoms with Crippen LogP contribution in [0.5, 0.6) is 0 Å². The predicted molar refractivity (Wildman–Crippen MR) is 99.2 cm³/mol. The first kappa shape index (κ1) is 20.1. The Labute approximate surface area is 154 Å². The van der Waals surface area contributed by atoms with Gasteiger partial charge in [-0.2, -0.15) is 0 Å². The van der Waals surface area contributed by atoms with E-state index in [0.717, 1.165) is 5.56 Å². The largest absolute Gasteiger partial charge is 0.383 e. The van der Waals surface area contributed by atoms with Gasteiger partial charge in [0.1, 0.15) is 12.4 Å². The Bertz CT molecular complexity index is 623. The molecule has 1 aromatic heterocycles. The number of nitrogens with two attached hydrogens (primary N) is 1. The van der Waals surface area contributed by atoms with Gasteiger partial charge in [-0.3, -0.25) is 14.5 Å². The topological polar surface area (TPSA) is 110 Å². The monoisotopic (exact) mass is 363 g/mol. The van der Waals surface area contributed by atoms with E-state index in [4.69, 9.17) is 10.5 Å².